The Morgan fingerprint density at radius 2 is 2.15 bits per heavy atom. The van der Waals surface area contributed by atoms with Crippen molar-refractivity contribution in [3.63, 3.8) is 0 Å². The van der Waals surface area contributed by atoms with Gasteiger partial charge in [-0.2, -0.15) is 5.26 Å². The highest BCUT2D eigenvalue weighted by Gasteiger charge is 2.44. The van der Waals surface area contributed by atoms with Crippen molar-refractivity contribution < 1.29 is 0 Å². The molecule has 3 heteroatoms. The molecule has 1 aromatic rings. The Kier molecular flexibility index (Phi) is 2.09. The van der Waals surface area contributed by atoms with E-state index < -0.39 is 0 Å². The second-order valence-corrected chi connectivity index (χ2v) is 4.58. The Hall–Kier alpha value is -0.520. The van der Waals surface area contributed by atoms with Crippen molar-refractivity contribution in [1.29, 1.82) is 5.26 Å². The fraction of sp³-hybridized carbons (Fsp3) is 0.300. The highest BCUT2D eigenvalue weighted by molar-refractivity contribution is 9.10. The van der Waals surface area contributed by atoms with Gasteiger partial charge in [0.05, 0.1) is 16.5 Å². The number of benzene rings is 1. The zero-order valence-corrected chi connectivity index (χ0v) is 9.19. The van der Waals surface area contributed by atoms with Crippen molar-refractivity contribution in [2.45, 2.75) is 18.3 Å². The smallest absolute Gasteiger partial charge is 0.0824 e. The van der Waals surface area contributed by atoms with Crippen LogP contribution in [-0.2, 0) is 5.41 Å². The molecule has 0 unspecified atom stereocenters. The van der Waals surface area contributed by atoms with Crippen LogP contribution >= 0.6 is 27.5 Å². The van der Waals surface area contributed by atoms with Gasteiger partial charge in [0.15, 0.2) is 0 Å². The Morgan fingerprint density at radius 3 is 2.62 bits per heavy atom. The number of hydrogen-bond donors (Lipinski definition) is 0. The minimum atomic E-state index is -0.232. The van der Waals surface area contributed by atoms with Gasteiger partial charge in [-0.3, -0.25) is 0 Å². The largest absolute Gasteiger partial charge is 0.197 e. The molecule has 1 nitrogen and oxygen atoms in total. The summed E-state index contributed by atoms with van der Waals surface area (Å²) in [6.07, 6.45) is 1.92. The topological polar surface area (TPSA) is 23.8 Å². The molecular weight excluding hydrogens is 249 g/mol. The lowest BCUT2D eigenvalue weighted by Crippen LogP contribution is -2.01. The van der Waals surface area contributed by atoms with Crippen LogP contribution in [0.4, 0.5) is 0 Å². The van der Waals surface area contributed by atoms with E-state index in [9.17, 15) is 0 Å². The summed E-state index contributed by atoms with van der Waals surface area (Å²) in [4.78, 5) is 0. The van der Waals surface area contributed by atoms with Crippen LogP contribution < -0.4 is 0 Å². The minimum absolute atomic E-state index is 0.232. The maximum atomic E-state index is 8.97. The van der Waals surface area contributed by atoms with Gasteiger partial charge in [0.25, 0.3) is 0 Å². The van der Waals surface area contributed by atoms with Gasteiger partial charge in [-0.1, -0.05) is 17.7 Å². The summed E-state index contributed by atoms with van der Waals surface area (Å²) in [6, 6.07) is 8.08. The number of hydrogen-bond acceptors (Lipinski definition) is 1. The Morgan fingerprint density at radius 1 is 1.46 bits per heavy atom. The van der Waals surface area contributed by atoms with Gasteiger partial charge in [-0.15, -0.1) is 0 Å². The molecule has 0 aromatic heterocycles. The molecule has 1 aliphatic rings. The van der Waals surface area contributed by atoms with Gasteiger partial charge in [-0.05, 0) is 46.5 Å². The molecule has 1 aliphatic carbocycles. The van der Waals surface area contributed by atoms with E-state index in [1.807, 2.05) is 18.2 Å². The van der Waals surface area contributed by atoms with Crippen LogP contribution in [0.15, 0.2) is 22.7 Å². The first-order chi connectivity index (χ1) is 6.18. The molecule has 13 heavy (non-hydrogen) atoms. The average Bonchev–Trinajstić information content (AvgIpc) is 2.90. The Labute approximate surface area is 90.4 Å². The van der Waals surface area contributed by atoms with E-state index in [-0.39, 0.29) is 5.41 Å². The highest BCUT2D eigenvalue weighted by Crippen LogP contribution is 2.48. The van der Waals surface area contributed by atoms with Gasteiger partial charge >= 0.3 is 0 Å². The first-order valence-electron chi connectivity index (χ1n) is 4.05. The van der Waals surface area contributed by atoms with E-state index in [1.54, 1.807) is 0 Å². The van der Waals surface area contributed by atoms with Gasteiger partial charge in [-0.25, -0.2) is 0 Å². The predicted octanol–water partition coefficient (Wildman–Crippen LogP) is 3.66. The van der Waals surface area contributed by atoms with E-state index in [2.05, 4.69) is 22.0 Å². The van der Waals surface area contributed by atoms with Crippen LogP contribution in [0, 0.1) is 11.3 Å². The lowest BCUT2D eigenvalue weighted by atomic mass is 9.98. The first kappa shape index (κ1) is 9.05. The third kappa shape index (κ3) is 1.47. The molecule has 0 aliphatic heterocycles. The average molecular weight is 257 g/mol. The maximum Gasteiger partial charge on any atom is 0.0824 e. The molecule has 66 valence electrons. The molecule has 0 amide bonds. The molecule has 1 saturated carbocycles. The van der Waals surface area contributed by atoms with Crippen LogP contribution in [0.1, 0.15) is 18.4 Å². The van der Waals surface area contributed by atoms with Crippen LogP contribution in [0.5, 0.6) is 0 Å². The van der Waals surface area contributed by atoms with E-state index >= 15 is 0 Å². The number of rotatable bonds is 1. The fourth-order valence-electron chi connectivity index (χ4n) is 1.38. The maximum absolute atomic E-state index is 8.97. The van der Waals surface area contributed by atoms with E-state index in [1.165, 1.54) is 0 Å². The molecule has 1 aromatic carbocycles. The van der Waals surface area contributed by atoms with Crippen molar-refractivity contribution in [2.75, 3.05) is 0 Å². The minimum Gasteiger partial charge on any atom is -0.197 e. The normalized spacial score (nSPS) is 17.9. The third-order valence-corrected chi connectivity index (χ3v) is 3.67. The Balaban J connectivity index is 2.44. The standard InChI is InChI=1S/C10H7BrClN/c11-8-2-1-7(5-9(8)12)10(6-13)3-4-10/h1-2,5H,3-4H2. The monoisotopic (exact) mass is 255 g/mol. The quantitative estimate of drug-likeness (QED) is 0.752. The van der Waals surface area contributed by atoms with Crippen LogP contribution in [-0.4, -0.2) is 0 Å². The summed E-state index contributed by atoms with van der Waals surface area (Å²) in [5.41, 5.74) is 0.813. The number of nitriles is 1. The molecule has 0 heterocycles. The highest BCUT2D eigenvalue weighted by atomic mass is 79.9. The van der Waals surface area contributed by atoms with Crippen molar-refractivity contribution >= 4 is 27.5 Å². The summed E-state index contributed by atoms with van der Waals surface area (Å²) in [5, 5.41) is 9.65. The van der Waals surface area contributed by atoms with Crippen molar-refractivity contribution in [1.82, 2.24) is 0 Å². The number of nitrogens with zero attached hydrogens (tertiary/aromatic N) is 1. The number of halogens is 2. The molecule has 0 radical (unpaired) electrons. The summed E-state index contributed by atoms with van der Waals surface area (Å²) in [5.74, 6) is 0. The van der Waals surface area contributed by atoms with E-state index in [0.717, 1.165) is 22.9 Å². The summed E-state index contributed by atoms with van der Waals surface area (Å²) in [7, 11) is 0. The van der Waals surface area contributed by atoms with Crippen LogP contribution in [0.3, 0.4) is 0 Å². The lowest BCUT2D eigenvalue weighted by molar-refractivity contribution is 0.908. The Bertz CT molecular complexity index is 390. The zero-order valence-electron chi connectivity index (χ0n) is 6.85. The zero-order chi connectivity index (χ0) is 9.47. The summed E-state index contributed by atoms with van der Waals surface area (Å²) >= 11 is 9.27. The van der Waals surface area contributed by atoms with Crippen LogP contribution in [0.25, 0.3) is 0 Å². The lowest BCUT2D eigenvalue weighted by Gasteiger charge is -2.06. The van der Waals surface area contributed by atoms with Gasteiger partial charge < -0.3 is 0 Å². The second-order valence-electron chi connectivity index (χ2n) is 3.32. The van der Waals surface area contributed by atoms with Crippen molar-refractivity contribution in [2.24, 2.45) is 0 Å². The summed E-state index contributed by atoms with van der Waals surface area (Å²) < 4.78 is 0.881. The molecule has 0 N–H and O–H groups in total. The SMILES string of the molecule is N#CC1(c2ccc(Br)c(Cl)c2)CC1. The van der Waals surface area contributed by atoms with Gasteiger partial charge in [0, 0.05) is 4.47 Å². The molecule has 0 atom stereocenters. The molecule has 2 rings (SSSR count). The second kappa shape index (κ2) is 3.01. The molecule has 0 spiro atoms. The van der Waals surface area contributed by atoms with Crippen LogP contribution in [0.2, 0.25) is 5.02 Å². The molecule has 1 fully saturated rings. The van der Waals surface area contributed by atoms with Gasteiger partial charge in [0.2, 0.25) is 0 Å². The van der Waals surface area contributed by atoms with Gasteiger partial charge in [0.1, 0.15) is 0 Å². The fourth-order valence-corrected chi connectivity index (χ4v) is 1.81. The molecular formula is C10H7BrClN. The van der Waals surface area contributed by atoms with E-state index in [0.29, 0.717) is 5.02 Å². The van der Waals surface area contributed by atoms with Crippen molar-refractivity contribution in [3.05, 3.63) is 33.3 Å². The third-order valence-electron chi connectivity index (χ3n) is 2.44. The molecule has 0 bridgehead atoms. The van der Waals surface area contributed by atoms with Crippen molar-refractivity contribution in [3.8, 4) is 6.07 Å². The molecule has 0 saturated heterocycles. The first-order valence-corrected chi connectivity index (χ1v) is 5.22. The predicted molar refractivity (Wildman–Crippen MR) is 55.7 cm³/mol. The summed E-state index contributed by atoms with van der Waals surface area (Å²) in [6.45, 7) is 0. The van der Waals surface area contributed by atoms with E-state index in [4.69, 9.17) is 16.9 Å².